The molecule has 1 aliphatic rings. The number of nitrogens with one attached hydrogen (secondary N) is 1. The number of benzene rings is 2. The van der Waals surface area contributed by atoms with Crippen LogP contribution in [-0.4, -0.2) is 22.1 Å². The Morgan fingerprint density at radius 1 is 1.13 bits per heavy atom. The van der Waals surface area contributed by atoms with Gasteiger partial charge < -0.3 is 10.4 Å². The van der Waals surface area contributed by atoms with Crippen LogP contribution in [0, 0.1) is 10.1 Å². The van der Waals surface area contributed by atoms with Crippen molar-refractivity contribution in [3.8, 4) is 0 Å². The molecule has 2 aromatic rings. The minimum absolute atomic E-state index is 0.0560. The van der Waals surface area contributed by atoms with Gasteiger partial charge in [0.05, 0.1) is 11.0 Å². The van der Waals surface area contributed by atoms with Crippen LogP contribution in [0.3, 0.4) is 0 Å². The van der Waals surface area contributed by atoms with E-state index in [1.54, 1.807) is 24.3 Å². The molecule has 5 heteroatoms. The maximum Gasteiger partial charge on any atom is 0.269 e. The van der Waals surface area contributed by atoms with Crippen LogP contribution >= 0.6 is 0 Å². The van der Waals surface area contributed by atoms with Crippen LogP contribution in [0.1, 0.15) is 30.1 Å². The first-order chi connectivity index (χ1) is 11.1. The highest BCUT2D eigenvalue weighted by Gasteiger charge is 2.29. The predicted octanol–water partition coefficient (Wildman–Crippen LogP) is 2.99. The summed E-state index contributed by atoms with van der Waals surface area (Å²) in [6, 6.07) is 16.7. The summed E-state index contributed by atoms with van der Waals surface area (Å²) in [6.45, 7) is 0. The van der Waals surface area contributed by atoms with Crippen LogP contribution in [-0.2, 0) is 6.42 Å². The molecule has 1 fully saturated rings. The molecule has 0 amide bonds. The molecule has 0 aromatic heterocycles. The van der Waals surface area contributed by atoms with Crippen molar-refractivity contribution in [3.63, 3.8) is 0 Å². The fourth-order valence-corrected chi connectivity index (χ4v) is 3.18. The van der Waals surface area contributed by atoms with Gasteiger partial charge in [0.25, 0.3) is 5.69 Å². The van der Waals surface area contributed by atoms with E-state index in [0.717, 1.165) is 30.4 Å². The van der Waals surface area contributed by atoms with Gasteiger partial charge in [0.2, 0.25) is 0 Å². The highest BCUT2D eigenvalue weighted by atomic mass is 16.6. The minimum atomic E-state index is -0.502. The molecule has 2 N–H and O–H groups in total. The van der Waals surface area contributed by atoms with Crippen molar-refractivity contribution in [1.82, 2.24) is 5.32 Å². The third-order valence-corrected chi connectivity index (χ3v) is 4.43. The summed E-state index contributed by atoms with van der Waals surface area (Å²) < 4.78 is 0. The van der Waals surface area contributed by atoms with Crippen LogP contribution in [0.25, 0.3) is 0 Å². The number of nitro benzene ring substituents is 1. The van der Waals surface area contributed by atoms with E-state index in [2.05, 4.69) is 5.32 Å². The van der Waals surface area contributed by atoms with E-state index in [4.69, 9.17) is 0 Å². The first-order valence-electron chi connectivity index (χ1n) is 7.86. The number of nitro groups is 1. The Bertz CT molecular complexity index is 658. The van der Waals surface area contributed by atoms with Gasteiger partial charge in [0.15, 0.2) is 0 Å². The third-order valence-electron chi connectivity index (χ3n) is 4.43. The molecule has 2 aromatic carbocycles. The smallest absolute Gasteiger partial charge is 0.269 e. The Hall–Kier alpha value is -2.24. The van der Waals surface area contributed by atoms with Crippen molar-refractivity contribution in [2.45, 2.75) is 37.5 Å². The summed E-state index contributed by atoms with van der Waals surface area (Å²) in [5.41, 5.74) is 2.12. The molecule has 0 saturated carbocycles. The Balaban J connectivity index is 1.58. The number of hydrogen-bond acceptors (Lipinski definition) is 4. The molecular formula is C18H20N2O3. The molecule has 23 heavy (non-hydrogen) atoms. The van der Waals surface area contributed by atoms with Gasteiger partial charge in [-0.05, 0) is 30.4 Å². The topological polar surface area (TPSA) is 75.4 Å². The van der Waals surface area contributed by atoms with Crippen LogP contribution in [0.5, 0.6) is 0 Å². The van der Waals surface area contributed by atoms with E-state index < -0.39 is 6.10 Å². The molecule has 120 valence electrons. The van der Waals surface area contributed by atoms with E-state index in [1.807, 2.05) is 30.3 Å². The monoisotopic (exact) mass is 312 g/mol. The molecule has 0 aliphatic carbocycles. The molecule has 1 heterocycles. The summed E-state index contributed by atoms with van der Waals surface area (Å²) in [6.07, 6.45) is 2.23. The fraction of sp³-hybridized carbons (Fsp3) is 0.333. The molecule has 3 atom stereocenters. The van der Waals surface area contributed by atoms with Gasteiger partial charge >= 0.3 is 0 Å². The zero-order valence-corrected chi connectivity index (χ0v) is 12.8. The summed E-state index contributed by atoms with van der Waals surface area (Å²) in [5.74, 6) is 0. The van der Waals surface area contributed by atoms with Crippen molar-refractivity contribution in [2.24, 2.45) is 0 Å². The second-order valence-corrected chi connectivity index (χ2v) is 6.03. The van der Waals surface area contributed by atoms with E-state index in [1.165, 1.54) is 0 Å². The van der Waals surface area contributed by atoms with Gasteiger partial charge in [-0.25, -0.2) is 0 Å². The van der Waals surface area contributed by atoms with Gasteiger partial charge in [-0.3, -0.25) is 10.1 Å². The lowest BCUT2D eigenvalue weighted by Crippen LogP contribution is -2.35. The lowest BCUT2D eigenvalue weighted by Gasteiger charge is -2.20. The highest BCUT2D eigenvalue weighted by Crippen LogP contribution is 2.26. The number of non-ortho nitro benzene ring substituents is 1. The van der Waals surface area contributed by atoms with Gasteiger partial charge in [0.1, 0.15) is 0 Å². The Morgan fingerprint density at radius 3 is 2.48 bits per heavy atom. The van der Waals surface area contributed by atoms with Crippen molar-refractivity contribution < 1.29 is 10.0 Å². The summed E-state index contributed by atoms with van der Waals surface area (Å²) in [5, 5.41) is 24.6. The van der Waals surface area contributed by atoms with Crippen LogP contribution in [0.2, 0.25) is 0 Å². The molecule has 5 nitrogen and oxygen atoms in total. The van der Waals surface area contributed by atoms with Gasteiger partial charge in [-0.1, -0.05) is 42.5 Å². The Kier molecular flexibility index (Phi) is 4.69. The molecule has 3 unspecified atom stereocenters. The zero-order chi connectivity index (χ0) is 16.2. The predicted molar refractivity (Wildman–Crippen MR) is 88.1 cm³/mol. The summed E-state index contributed by atoms with van der Waals surface area (Å²) in [4.78, 5) is 10.3. The Labute approximate surface area is 135 Å². The maximum absolute atomic E-state index is 10.7. The van der Waals surface area contributed by atoms with E-state index >= 15 is 0 Å². The van der Waals surface area contributed by atoms with Crippen LogP contribution in [0.15, 0.2) is 54.6 Å². The number of rotatable bonds is 5. The van der Waals surface area contributed by atoms with E-state index in [9.17, 15) is 15.2 Å². The molecule has 3 rings (SSSR count). The van der Waals surface area contributed by atoms with Gasteiger partial charge in [-0.15, -0.1) is 0 Å². The van der Waals surface area contributed by atoms with E-state index in [-0.39, 0.29) is 16.7 Å². The van der Waals surface area contributed by atoms with Crippen molar-refractivity contribution >= 4 is 5.69 Å². The van der Waals surface area contributed by atoms with Crippen LogP contribution < -0.4 is 5.32 Å². The standard InChI is InChI=1S/C18H20N2O3/c21-18(14-4-2-1-3-5-14)17-11-8-15(19-17)12-13-6-9-16(10-7-13)20(22)23/h1-7,9-10,15,17-19,21H,8,11-12H2. The van der Waals surface area contributed by atoms with Gasteiger partial charge in [-0.2, -0.15) is 0 Å². The molecule has 1 aliphatic heterocycles. The first kappa shape index (κ1) is 15.6. The number of hydrogen-bond donors (Lipinski definition) is 2. The number of aliphatic hydroxyl groups excluding tert-OH is 1. The molecule has 0 radical (unpaired) electrons. The quantitative estimate of drug-likeness (QED) is 0.657. The zero-order valence-electron chi connectivity index (χ0n) is 12.8. The highest BCUT2D eigenvalue weighted by molar-refractivity contribution is 5.33. The Morgan fingerprint density at radius 2 is 1.83 bits per heavy atom. The maximum atomic E-state index is 10.7. The summed E-state index contributed by atoms with van der Waals surface area (Å²) in [7, 11) is 0. The summed E-state index contributed by atoms with van der Waals surface area (Å²) >= 11 is 0. The average Bonchev–Trinajstić information content (AvgIpc) is 3.04. The molecule has 0 bridgehead atoms. The van der Waals surface area contributed by atoms with Crippen molar-refractivity contribution in [2.75, 3.05) is 0 Å². The third kappa shape index (κ3) is 3.75. The SMILES string of the molecule is O=[N+]([O-])c1ccc(CC2CCC(C(O)c3ccccc3)N2)cc1. The molecular weight excluding hydrogens is 292 g/mol. The van der Waals surface area contributed by atoms with Crippen molar-refractivity contribution in [3.05, 3.63) is 75.8 Å². The first-order valence-corrected chi connectivity index (χ1v) is 7.86. The molecule has 1 saturated heterocycles. The van der Waals surface area contributed by atoms with E-state index in [0.29, 0.717) is 6.04 Å². The van der Waals surface area contributed by atoms with Crippen LogP contribution in [0.4, 0.5) is 5.69 Å². The number of nitrogens with zero attached hydrogens (tertiary/aromatic N) is 1. The second kappa shape index (κ2) is 6.89. The molecule has 0 spiro atoms. The van der Waals surface area contributed by atoms with Gasteiger partial charge in [0, 0.05) is 24.2 Å². The number of aliphatic hydroxyl groups is 1. The minimum Gasteiger partial charge on any atom is -0.387 e. The lowest BCUT2D eigenvalue weighted by atomic mass is 10.0. The normalized spacial score (nSPS) is 22.0. The van der Waals surface area contributed by atoms with Crippen molar-refractivity contribution in [1.29, 1.82) is 0 Å². The average molecular weight is 312 g/mol. The second-order valence-electron chi connectivity index (χ2n) is 6.03. The largest absolute Gasteiger partial charge is 0.387 e. The fourth-order valence-electron chi connectivity index (χ4n) is 3.18. The lowest BCUT2D eigenvalue weighted by molar-refractivity contribution is -0.384.